The summed E-state index contributed by atoms with van der Waals surface area (Å²) in [6.07, 6.45) is 2.83. The first-order valence-electron chi connectivity index (χ1n) is 6.63. The second-order valence-electron chi connectivity index (χ2n) is 4.94. The van der Waals surface area contributed by atoms with Crippen LogP contribution in [0.3, 0.4) is 0 Å². The summed E-state index contributed by atoms with van der Waals surface area (Å²) in [7, 11) is 0. The first-order valence-corrected chi connectivity index (χ1v) is 6.63. The number of nitrogens with zero attached hydrogens (tertiary/aromatic N) is 1. The zero-order valence-electron chi connectivity index (χ0n) is 11.7. The van der Waals surface area contributed by atoms with Crippen molar-refractivity contribution in [2.45, 2.75) is 53.0 Å². The molecule has 0 radical (unpaired) electrons. The van der Waals surface area contributed by atoms with Crippen molar-refractivity contribution >= 4 is 11.6 Å². The van der Waals surface area contributed by atoms with Gasteiger partial charge in [0.1, 0.15) is 0 Å². The van der Waals surface area contributed by atoms with Gasteiger partial charge in [-0.15, -0.1) is 0 Å². The summed E-state index contributed by atoms with van der Waals surface area (Å²) in [6, 6.07) is 0.133. The summed E-state index contributed by atoms with van der Waals surface area (Å²) in [5, 5.41) is 9.71. The number of nitrogens with one attached hydrogen (secondary N) is 2. The van der Waals surface area contributed by atoms with Crippen LogP contribution in [0, 0.1) is 5.92 Å². The number of amides is 1. The van der Waals surface area contributed by atoms with Gasteiger partial charge in [0.2, 0.25) is 0 Å². The van der Waals surface area contributed by atoms with E-state index in [1.54, 1.807) is 0 Å². The number of hydrogen-bond acceptors (Lipinski definition) is 3. The van der Waals surface area contributed by atoms with Gasteiger partial charge in [0, 0.05) is 6.04 Å². The molecule has 2 atom stereocenters. The maximum Gasteiger partial charge on any atom is 0.274 e. The summed E-state index contributed by atoms with van der Waals surface area (Å²) in [5.41, 5.74) is 7.45. The molecule has 1 rings (SSSR count). The van der Waals surface area contributed by atoms with Gasteiger partial charge >= 0.3 is 0 Å². The van der Waals surface area contributed by atoms with Gasteiger partial charge in [0.15, 0.2) is 5.69 Å². The molecule has 0 aromatic carbocycles. The Morgan fingerprint density at radius 3 is 2.61 bits per heavy atom. The quantitative estimate of drug-likeness (QED) is 0.725. The van der Waals surface area contributed by atoms with Gasteiger partial charge in [-0.3, -0.25) is 9.89 Å². The van der Waals surface area contributed by atoms with Crippen molar-refractivity contribution in [3.63, 3.8) is 0 Å². The first kappa shape index (κ1) is 14.5. The number of aromatic amines is 1. The number of aryl methyl sites for hydroxylation is 1. The highest BCUT2D eigenvalue weighted by atomic mass is 16.2. The average molecular weight is 252 g/mol. The average Bonchev–Trinajstić information content (AvgIpc) is 2.69. The fourth-order valence-corrected chi connectivity index (χ4v) is 1.95. The topological polar surface area (TPSA) is 83.8 Å². The van der Waals surface area contributed by atoms with Crippen molar-refractivity contribution in [2.75, 3.05) is 5.73 Å². The van der Waals surface area contributed by atoms with E-state index >= 15 is 0 Å². The lowest BCUT2D eigenvalue weighted by atomic mass is 10.0. The maximum atomic E-state index is 12.0. The Balaban J connectivity index is 2.62. The van der Waals surface area contributed by atoms with Crippen LogP contribution in [0.5, 0.6) is 0 Å². The van der Waals surface area contributed by atoms with Crippen LogP contribution in [0.2, 0.25) is 0 Å². The van der Waals surface area contributed by atoms with E-state index in [1.807, 2.05) is 13.8 Å². The van der Waals surface area contributed by atoms with Crippen molar-refractivity contribution in [3.05, 3.63) is 11.4 Å². The van der Waals surface area contributed by atoms with Crippen LogP contribution >= 0.6 is 0 Å². The van der Waals surface area contributed by atoms with Gasteiger partial charge in [-0.25, -0.2) is 0 Å². The number of carbonyl (C=O) groups is 1. The second kappa shape index (κ2) is 6.42. The van der Waals surface area contributed by atoms with Crippen molar-refractivity contribution in [3.8, 4) is 0 Å². The molecule has 0 spiro atoms. The van der Waals surface area contributed by atoms with E-state index in [0.717, 1.165) is 25.0 Å². The van der Waals surface area contributed by atoms with Crippen LogP contribution in [-0.2, 0) is 6.42 Å². The van der Waals surface area contributed by atoms with Crippen molar-refractivity contribution in [1.82, 2.24) is 15.5 Å². The van der Waals surface area contributed by atoms with Crippen molar-refractivity contribution < 1.29 is 4.79 Å². The zero-order chi connectivity index (χ0) is 13.7. The molecule has 5 nitrogen and oxygen atoms in total. The van der Waals surface area contributed by atoms with Crippen LogP contribution in [0.4, 0.5) is 5.69 Å². The van der Waals surface area contributed by atoms with Crippen LogP contribution in [0.25, 0.3) is 0 Å². The highest BCUT2D eigenvalue weighted by Gasteiger charge is 2.18. The summed E-state index contributed by atoms with van der Waals surface area (Å²) >= 11 is 0. The van der Waals surface area contributed by atoms with Crippen LogP contribution in [0.1, 0.15) is 56.7 Å². The van der Waals surface area contributed by atoms with Crippen LogP contribution < -0.4 is 11.1 Å². The van der Waals surface area contributed by atoms with E-state index < -0.39 is 0 Å². The monoisotopic (exact) mass is 252 g/mol. The van der Waals surface area contributed by atoms with E-state index in [-0.39, 0.29) is 11.9 Å². The molecule has 2 unspecified atom stereocenters. The Bertz CT molecular complexity index is 400. The predicted octanol–water partition coefficient (Wildman–Crippen LogP) is 2.11. The van der Waals surface area contributed by atoms with Crippen molar-refractivity contribution in [1.29, 1.82) is 0 Å². The normalized spacial score (nSPS) is 14.2. The number of aromatic nitrogens is 2. The molecule has 0 aliphatic carbocycles. The summed E-state index contributed by atoms with van der Waals surface area (Å²) in [4.78, 5) is 12.0. The summed E-state index contributed by atoms with van der Waals surface area (Å²) in [5.74, 6) is 0.405. The van der Waals surface area contributed by atoms with Gasteiger partial charge < -0.3 is 11.1 Å². The fraction of sp³-hybridized carbons (Fsp3) is 0.692. The molecule has 1 aromatic rings. The molecule has 102 valence electrons. The SMILES string of the molecule is CCc1[nH]nc(C(=O)NC(C)CC(C)CC)c1N. The van der Waals surface area contributed by atoms with E-state index in [4.69, 9.17) is 5.73 Å². The van der Waals surface area contributed by atoms with E-state index in [0.29, 0.717) is 17.3 Å². The number of carbonyl (C=O) groups excluding carboxylic acids is 1. The molecule has 0 aliphatic rings. The summed E-state index contributed by atoms with van der Waals surface area (Å²) in [6.45, 7) is 8.31. The Labute approximate surface area is 109 Å². The Morgan fingerprint density at radius 2 is 2.11 bits per heavy atom. The third-order valence-corrected chi connectivity index (χ3v) is 3.28. The standard InChI is InChI=1S/C13H24N4O/c1-5-8(3)7-9(4)15-13(18)12-11(14)10(6-2)16-17-12/h8-9H,5-7,14H2,1-4H3,(H,15,18)(H,16,17). The van der Waals surface area contributed by atoms with E-state index in [9.17, 15) is 4.79 Å². The van der Waals surface area contributed by atoms with Gasteiger partial charge in [-0.1, -0.05) is 27.2 Å². The fourth-order valence-electron chi connectivity index (χ4n) is 1.95. The molecule has 1 aromatic heterocycles. The number of nitrogen functional groups attached to an aromatic ring is 1. The Morgan fingerprint density at radius 1 is 1.44 bits per heavy atom. The van der Waals surface area contributed by atoms with E-state index in [1.165, 1.54) is 0 Å². The Kier molecular flexibility index (Phi) is 5.19. The summed E-state index contributed by atoms with van der Waals surface area (Å²) < 4.78 is 0. The van der Waals surface area contributed by atoms with Gasteiger partial charge in [0.25, 0.3) is 5.91 Å². The second-order valence-corrected chi connectivity index (χ2v) is 4.94. The number of nitrogens with two attached hydrogens (primary N) is 1. The highest BCUT2D eigenvalue weighted by Crippen LogP contribution is 2.15. The third kappa shape index (κ3) is 3.48. The molecule has 0 bridgehead atoms. The van der Waals surface area contributed by atoms with Crippen LogP contribution in [-0.4, -0.2) is 22.1 Å². The zero-order valence-corrected chi connectivity index (χ0v) is 11.7. The lowest BCUT2D eigenvalue weighted by molar-refractivity contribution is 0.0931. The molecule has 1 heterocycles. The van der Waals surface area contributed by atoms with E-state index in [2.05, 4.69) is 29.4 Å². The number of H-pyrrole nitrogens is 1. The minimum atomic E-state index is -0.195. The molecule has 0 aliphatic heterocycles. The molecule has 1 amide bonds. The molecule has 0 saturated heterocycles. The smallest absolute Gasteiger partial charge is 0.274 e. The number of hydrogen-bond donors (Lipinski definition) is 3. The predicted molar refractivity (Wildman–Crippen MR) is 73.4 cm³/mol. The Hall–Kier alpha value is -1.52. The maximum absolute atomic E-state index is 12.0. The molecule has 0 saturated carbocycles. The highest BCUT2D eigenvalue weighted by molar-refractivity contribution is 5.97. The number of rotatable bonds is 6. The van der Waals surface area contributed by atoms with Crippen molar-refractivity contribution in [2.24, 2.45) is 5.92 Å². The molecule has 0 fully saturated rings. The minimum absolute atomic E-state index is 0.133. The first-order chi connectivity index (χ1) is 8.49. The number of anilines is 1. The molecule has 18 heavy (non-hydrogen) atoms. The van der Waals surface area contributed by atoms with Gasteiger partial charge in [0.05, 0.1) is 11.4 Å². The lowest BCUT2D eigenvalue weighted by Crippen LogP contribution is -2.34. The largest absolute Gasteiger partial charge is 0.395 e. The minimum Gasteiger partial charge on any atom is -0.395 e. The molecule has 5 heteroatoms. The third-order valence-electron chi connectivity index (χ3n) is 3.28. The van der Waals surface area contributed by atoms with Crippen LogP contribution in [0.15, 0.2) is 0 Å². The molecular formula is C13H24N4O. The lowest BCUT2D eigenvalue weighted by Gasteiger charge is -2.16. The van der Waals surface area contributed by atoms with Gasteiger partial charge in [-0.2, -0.15) is 5.10 Å². The van der Waals surface area contributed by atoms with Gasteiger partial charge in [-0.05, 0) is 25.7 Å². The molecule has 4 N–H and O–H groups in total. The molecular weight excluding hydrogens is 228 g/mol.